The number of hydrogen-bond acceptors (Lipinski definition) is 5. The lowest BCUT2D eigenvalue weighted by molar-refractivity contribution is -0.384. The van der Waals surface area contributed by atoms with E-state index in [2.05, 4.69) is 5.32 Å². The molecule has 0 saturated heterocycles. The molecule has 0 fully saturated rings. The van der Waals surface area contributed by atoms with E-state index in [1.807, 2.05) is 0 Å². The summed E-state index contributed by atoms with van der Waals surface area (Å²) < 4.78 is 5.07. The monoisotopic (exact) mass is 240 g/mol. The van der Waals surface area contributed by atoms with E-state index in [-0.39, 0.29) is 12.3 Å². The highest BCUT2D eigenvalue weighted by atomic mass is 16.6. The van der Waals surface area contributed by atoms with Crippen LogP contribution in [-0.4, -0.2) is 36.4 Å². The number of non-ortho nitro benzene ring substituents is 1. The average Bonchev–Trinajstić information content (AvgIpc) is 2.34. The fourth-order valence-electron chi connectivity index (χ4n) is 1.28. The molecule has 0 aromatic heterocycles. The average molecular weight is 240 g/mol. The largest absolute Gasteiger partial charge is 0.394 e. The van der Waals surface area contributed by atoms with Gasteiger partial charge in [-0.3, -0.25) is 10.1 Å². The van der Waals surface area contributed by atoms with Crippen LogP contribution in [-0.2, 0) is 11.3 Å². The summed E-state index contributed by atoms with van der Waals surface area (Å²) in [6, 6.07) is 6.41. The van der Waals surface area contributed by atoms with Gasteiger partial charge in [-0.15, -0.1) is 0 Å². The van der Waals surface area contributed by atoms with Crippen molar-refractivity contribution in [1.29, 1.82) is 0 Å². The lowest BCUT2D eigenvalue weighted by Crippen LogP contribution is -2.19. The normalized spacial score (nSPS) is 10.4. The first-order valence-electron chi connectivity index (χ1n) is 5.36. The third-order valence-electron chi connectivity index (χ3n) is 2.14. The van der Waals surface area contributed by atoms with Gasteiger partial charge >= 0.3 is 0 Å². The fraction of sp³-hybridized carbons (Fsp3) is 0.455. The Hall–Kier alpha value is -1.50. The summed E-state index contributed by atoms with van der Waals surface area (Å²) in [5.41, 5.74) is 1.08. The second-order valence-electron chi connectivity index (χ2n) is 3.44. The molecule has 0 bridgehead atoms. The Labute approximate surface area is 99.4 Å². The highest BCUT2D eigenvalue weighted by molar-refractivity contribution is 5.32. The standard InChI is InChI=1S/C11H16N2O4/c14-6-8-17-7-5-12-9-10-1-3-11(4-2-10)13(15)16/h1-4,12,14H,5-9H2. The first-order valence-corrected chi connectivity index (χ1v) is 5.36. The van der Waals surface area contributed by atoms with E-state index >= 15 is 0 Å². The second kappa shape index (κ2) is 7.72. The van der Waals surface area contributed by atoms with Crippen LogP contribution in [0.3, 0.4) is 0 Å². The van der Waals surface area contributed by atoms with E-state index in [1.54, 1.807) is 12.1 Å². The van der Waals surface area contributed by atoms with Gasteiger partial charge in [-0.05, 0) is 5.56 Å². The van der Waals surface area contributed by atoms with Gasteiger partial charge in [0.2, 0.25) is 0 Å². The predicted molar refractivity (Wildman–Crippen MR) is 62.7 cm³/mol. The van der Waals surface area contributed by atoms with Crippen LogP contribution >= 0.6 is 0 Å². The molecule has 1 aromatic rings. The van der Waals surface area contributed by atoms with E-state index < -0.39 is 4.92 Å². The fourth-order valence-corrected chi connectivity index (χ4v) is 1.28. The molecular weight excluding hydrogens is 224 g/mol. The lowest BCUT2D eigenvalue weighted by atomic mass is 10.2. The van der Waals surface area contributed by atoms with Gasteiger partial charge in [0.05, 0.1) is 24.7 Å². The molecular formula is C11H16N2O4. The van der Waals surface area contributed by atoms with Gasteiger partial charge < -0.3 is 15.2 Å². The van der Waals surface area contributed by atoms with Crippen molar-refractivity contribution in [1.82, 2.24) is 5.32 Å². The highest BCUT2D eigenvalue weighted by Crippen LogP contribution is 2.11. The zero-order chi connectivity index (χ0) is 12.5. The highest BCUT2D eigenvalue weighted by Gasteiger charge is 2.03. The molecule has 0 saturated carbocycles. The number of ether oxygens (including phenoxy) is 1. The Morgan fingerprint density at radius 3 is 2.59 bits per heavy atom. The topological polar surface area (TPSA) is 84.6 Å². The molecule has 17 heavy (non-hydrogen) atoms. The van der Waals surface area contributed by atoms with Crippen molar-refractivity contribution in [3.63, 3.8) is 0 Å². The Kier molecular flexibility index (Phi) is 6.16. The minimum atomic E-state index is -0.417. The molecule has 0 atom stereocenters. The molecule has 0 radical (unpaired) electrons. The van der Waals surface area contributed by atoms with Crippen molar-refractivity contribution in [2.45, 2.75) is 6.54 Å². The maximum absolute atomic E-state index is 10.4. The van der Waals surface area contributed by atoms with Crippen molar-refractivity contribution >= 4 is 5.69 Å². The van der Waals surface area contributed by atoms with E-state index in [9.17, 15) is 10.1 Å². The first kappa shape index (κ1) is 13.6. The number of rotatable bonds is 8. The first-order chi connectivity index (χ1) is 8.24. The summed E-state index contributed by atoms with van der Waals surface area (Å²) in [5.74, 6) is 0. The minimum absolute atomic E-state index is 0.0301. The predicted octanol–water partition coefficient (Wildman–Crippen LogP) is 0.693. The SMILES string of the molecule is O=[N+]([O-])c1ccc(CNCCOCCO)cc1. The number of nitro benzene ring substituents is 1. The molecule has 94 valence electrons. The molecule has 0 aliphatic heterocycles. The smallest absolute Gasteiger partial charge is 0.269 e. The maximum atomic E-state index is 10.4. The summed E-state index contributed by atoms with van der Waals surface area (Å²) in [4.78, 5) is 10.0. The van der Waals surface area contributed by atoms with Gasteiger partial charge in [0.1, 0.15) is 0 Å². The van der Waals surface area contributed by atoms with Crippen LogP contribution in [0.2, 0.25) is 0 Å². The molecule has 6 heteroatoms. The number of benzene rings is 1. The van der Waals surface area contributed by atoms with E-state index in [0.717, 1.165) is 5.56 Å². The molecule has 1 aromatic carbocycles. The van der Waals surface area contributed by atoms with E-state index in [4.69, 9.17) is 9.84 Å². The van der Waals surface area contributed by atoms with Gasteiger partial charge in [0.25, 0.3) is 5.69 Å². The molecule has 6 nitrogen and oxygen atoms in total. The van der Waals surface area contributed by atoms with Crippen molar-refractivity contribution in [2.24, 2.45) is 0 Å². The molecule has 0 aliphatic carbocycles. The Balaban J connectivity index is 2.21. The zero-order valence-electron chi connectivity index (χ0n) is 9.46. The quantitative estimate of drug-likeness (QED) is 0.397. The van der Waals surface area contributed by atoms with Gasteiger partial charge in [0, 0.05) is 25.2 Å². The number of nitrogens with one attached hydrogen (secondary N) is 1. The molecule has 0 amide bonds. The minimum Gasteiger partial charge on any atom is -0.394 e. The number of aliphatic hydroxyl groups is 1. The molecule has 0 unspecified atom stereocenters. The molecule has 0 heterocycles. The van der Waals surface area contributed by atoms with E-state index in [0.29, 0.717) is 26.3 Å². The van der Waals surface area contributed by atoms with Crippen LogP contribution in [0.5, 0.6) is 0 Å². The molecule has 1 rings (SSSR count). The van der Waals surface area contributed by atoms with Crippen LogP contribution in [0.15, 0.2) is 24.3 Å². The summed E-state index contributed by atoms with van der Waals surface area (Å²) in [6.45, 7) is 2.23. The Bertz CT molecular complexity index is 340. The van der Waals surface area contributed by atoms with Gasteiger partial charge in [-0.1, -0.05) is 12.1 Å². The zero-order valence-corrected chi connectivity index (χ0v) is 9.46. The van der Waals surface area contributed by atoms with Crippen LogP contribution in [0.25, 0.3) is 0 Å². The van der Waals surface area contributed by atoms with Crippen molar-refractivity contribution in [3.05, 3.63) is 39.9 Å². The summed E-state index contributed by atoms with van der Waals surface area (Å²) in [7, 11) is 0. The number of aliphatic hydroxyl groups excluding tert-OH is 1. The number of nitrogens with zero attached hydrogens (tertiary/aromatic N) is 1. The molecule has 2 N–H and O–H groups in total. The molecule has 0 spiro atoms. The van der Waals surface area contributed by atoms with Crippen LogP contribution < -0.4 is 5.32 Å². The van der Waals surface area contributed by atoms with Crippen molar-refractivity contribution in [2.75, 3.05) is 26.4 Å². The van der Waals surface area contributed by atoms with Crippen LogP contribution in [0, 0.1) is 10.1 Å². The second-order valence-corrected chi connectivity index (χ2v) is 3.44. The van der Waals surface area contributed by atoms with Crippen LogP contribution in [0.1, 0.15) is 5.56 Å². The number of hydrogen-bond donors (Lipinski definition) is 2. The summed E-state index contributed by atoms with van der Waals surface area (Å²) >= 11 is 0. The van der Waals surface area contributed by atoms with Gasteiger partial charge in [-0.2, -0.15) is 0 Å². The summed E-state index contributed by atoms with van der Waals surface area (Å²) in [5, 5.41) is 22.0. The van der Waals surface area contributed by atoms with Gasteiger partial charge in [-0.25, -0.2) is 0 Å². The summed E-state index contributed by atoms with van der Waals surface area (Å²) in [6.07, 6.45) is 0. The lowest BCUT2D eigenvalue weighted by Gasteiger charge is -2.05. The van der Waals surface area contributed by atoms with Gasteiger partial charge in [0.15, 0.2) is 0 Å². The van der Waals surface area contributed by atoms with Crippen LogP contribution in [0.4, 0.5) is 5.69 Å². The number of nitro groups is 1. The molecule has 0 aliphatic rings. The maximum Gasteiger partial charge on any atom is 0.269 e. The Morgan fingerprint density at radius 1 is 1.29 bits per heavy atom. The van der Waals surface area contributed by atoms with Crippen molar-refractivity contribution in [3.8, 4) is 0 Å². The third kappa shape index (κ3) is 5.39. The van der Waals surface area contributed by atoms with Crippen molar-refractivity contribution < 1.29 is 14.8 Å². The third-order valence-corrected chi connectivity index (χ3v) is 2.14. The van der Waals surface area contributed by atoms with E-state index in [1.165, 1.54) is 12.1 Å². The Morgan fingerprint density at radius 2 is 2.00 bits per heavy atom.